The smallest absolute Gasteiger partial charge is 0.341 e. The number of nitrogens with zero attached hydrogens (tertiary/aromatic N) is 2. The number of esters is 1. The maximum absolute atomic E-state index is 11.7. The summed E-state index contributed by atoms with van der Waals surface area (Å²) in [6, 6.07) is 5.25. The summed E-state index contributed by atoms with van der Waals surface area (Å²) in [4.78, 5) is 21.7. The lowest BCUT2D eigenvalue weighted by molar-refractivity contribution is -0.384. The third-order valence-corrected chi connectivity index (χ3v) is 2.13. The van der Waals surface area contributed by atoms with Crippen molar-refractivity contribution in [1.29, 1.82) is 5.26 Å². The zero-order valence-corrected chi connectivity index (χ0v) is 9.83. The first-order valence-electron chi connectivity index (χ1n) is 5.27. The lowest BCUT2D eigenvalue weighted by Crippen LogP contribution is -2.13. The molecule has 100 valence electrons. The number of hydrogen-bond donors (Lipinski definition) is 2. The average molecular weight is 265 g/mol. The predicted octanol–water partition coefficient (Wildman–Crippen LogP) is 0.679. The SMILES string of the molecule is N#CCOC(=O)c1cc([N+](=O)[O-])ccc1NCCO. The normalized spacial score (nSPS) is 9.47. The van der Waals surface area contributed by atoms with E-state index >= 15 is 0 Å². The van der Waals surface area contributed by atoms with Crippen LogP contribution in [0.25, 0.3) is 0 Å². The number of nitrogens with one attached hydrogen (secondary N) is 1. The molecular weight excluding hydrogens is 254 g/mol. The van der Waals surface area contributed by atoms with Crippen molar-refractivity contribution >= 4 is 17.3 Å². The van der Waals surface area contributed by atoms with Crippen LogP contribution in [0.3, 0.4) is 0 Å². The van der Waals surface area contributed by atoms with Crippen LogP contribution >= 0.6 is 0 Å². The van der Waals surface area contributed by atoms with Crippen molar-refractivity contribution in [1.82, 2.24) is 0 Å². The van der Waals surface area contributed by atoms with E-state index in [9.17, 15) is 14.9 Å². The number of carbonyl (C=O) groups is 1. The molecule has 0 atom stereocenters. The fourth-order valence-electron chi connectivity index (χ4n) is 1.33. The van der Waals surface area contributed by atoms with Gasteiger partial charge in [0.2, 0.25) is 0 Å². The molecule has 0 spiro atoms. The summed E-state index contributed by atoms with van der Waals surface area (Å²) in [6.45, 7) is -0.430. The summed E-state index contributed by atoms with van der Waals surface area (Å²) < 4.78 is 4.61. The van der Waals surface area contributed by atoms with Gasteiger partial charge in [-0.15, -0.1) is 0 Å². The van der Waals surface area contributed by atoms with Crippen LogP contribution in [0.4, 0.5) is 11.4 Å². The lowest BCUT2D eigenvalue weighted by Gasteiger charge is -2.09. The Labute approximate surface area is 108 Å². The number of non-ortho nitro benzene ring substituents is 1. The summed E-state index contributed by atoms with van der Waals surface area (Å²) in [7, 11) is 0. The standard InChI is InChI=1S/C11H11N3O5/c12-3-6-19-11(16)9-7-8(14(17)18)1-2-10(9)13-4-5-15/h1-2,7,13,15H,4-6H2. The van der Waals surface area contributed by atoms with Crippen molar-refractivity contribution < 1.29 is 19.6 Å². The molecule has 0 radical (unpaired) electrons. The Balaban J connectivity index is 3.06. The Bertz CT molecular complexity index is 524. The number of ether oxygens (including phenoxy) is 1. The Hall–Kier alpha value is -2.66. The number of rotatable bonds is 6. The average Bonchev–Trinajstić information content (AvgIpc) is 2.42. The van der Waals surface area contributed by atoms with Crippen LogP contribution in [-0.2, 0) is 4.74 Å². The summed E-state index contributed by atoms with van der Waals surface area (Å²) in [5, 5.41) is 30.4. The molecular formula is C11H11N3O5. The van der Waals surface area contributed by atoms with Gasteiger partial charge in [0.1, 0.15) is 6.07 Å². The number of aliphatic hydroxyl groups is 1. The first-order chi connectivity index (χ1) is 9.10. The Kier molecular flexibility index (Phi) is 5.25. The van der Waals surface area contributed by atoms with Gasteiger partial charge in [-0.05, 0) is 6.07 Å². The van der Waals surface area contributed by atoms with Gasteiger partial charge in [0.25, 0.3) is 5.69 Å². The van der Waals surface area contributed by atoms with Gasteiger partial charge in [-0.3, -0.25) is 10.1 Å². The Morgan fingerprint density at radius 1 is 1.58 bits per heavy atom. The molecule has 0 unspecified atom stereocenters. The lowest BCUT2D eigenvalue weighted by atomic mass is 10.1. The van der Waals surface area contributed by atoms with E-state index in [0.29, 0.717) is 5.69 Å². The zero-order chi connectivity index (χ0) is 14.3. The maximum atomic E-state index is 11.7. The molecule has 1 aromatic carbocycles. The molecule has 2 N–H and O–H groups in total. The highest BCUT2D eigenvalue weighted by atomic mass is 16.6. The number of benzene rings is 1. The van der Waals surface area contributed by atoms with Gasteiger partial charge in [0.15, 0.2) is 6.61 Å². The van der Waals surface area contributed by atoms with E-state index in [0.717, 1.165) is 6.07 Å². The fourth-order valence-corrected chi connectivity index (χ4v) is 1.33. The Morgan fingerprint density at radius 3 is 2.89 bits per heavy atom. The van der Waals surface area contributed by atoms with Crippen molar-refractivity contribution in [3.05, 3.63) is 33.9 Å². The van der Waals surface area contributed by atoms with Crippen LogP contribution in [0, 0.1) is 21.4 Å². The second-order valence-electron chi connectivity index (χ2n) is 3.37. The highest BCUT2D eigenvalue weighted by molar-refractivity contribution is 5.96. The highest BCUT2D eigenvalue weighted by Gasteiger charge is 2.17. The molecule has 0 saturated carbocycles. The number of anilines is 1. The second kappa shape index (κ2) is 6.93. The number of nitriles is 1. The topological polar surface area (TPSA) is 125 Å². The van der Waals surface area contributed by atoms with Crippen molar-refractivity contribution in [2.45, 2.75) is 0 Å². The van der Waals surface area contributed by atoms with Crippen molar-refractivity contribution in [3.63, 3.8) is 0 Å². The van der Waals surface area contributed by atoms with Crippen LogP contribution in [0.5, 0.6) is 0 Å². The minimum Gasteiger partial charge on any atom is -0.447 e. The molecule has 0 aliphatic carbocycles. The third kappa shape index (κ3) is 3.93. The number of nitro groups is 1. The fraction of sp³-hybridized carbons (Fsp3) is 0.273. The van der Waals surface area contributed by atoms with E-state index in [4.69, 9.17) is 10.4 Å². The van der Waals surface area contributed by atoms with Crippen LogP contribution in [0.15, 0.2) is 18.2 Å². The van der Waals surface area contributed by atoms with E-state index in [1.807, 2.05) is 0 Å². The van der Waals surface area contributed by atoms with Gasteiger partial charge in [0.05, 0.1) is 17.1 Å². The van der Waals surface area contributed by atoms with Crippen LogP contribution in [-0.4, -0.2) is 35.8 Å². The van der Waals surface area contributed by atoms with Gasteiger partial charge >= 0.3 is 5.97 Å². The number of hydrogen-bond acceptors (Lipinski definition) is 7. The van der Waals surface area contributed by atoms with Crippen molar-refractivity contribution in [2.24, 2.45) is 0 Å². The molecule has 0 heterocycles. The number of nitro benzene ring substituents is 1. The second-order valence-corrected chi connectivity index (χ2v) is 3.37. The van der Waals surface area contributed by atoms with Crippen molar-refractivity contribution in [2.75, 3.05) is 25.1 Å². The zero-order valence-electron chi connectivity index (χ0n) is 9.83. The largest absolute Gasteiger partial charge is 0.447 e. The molecule has 0 saturated heterocycles. The number of aliphatic hydroxyl groups excluding tert-OH is 1. The quantitative estimate of drug-likeness (QED) is 0.440. The van der Waals surface area contributed by atoms with Crippen molar-refractivity contribution in [3.8, 4) is 6.07 Å². The number of carbonyl (C=O) groups excluding carboxylic acids is 1. The van der Waals surface area contributed by atoms with Crippen LogP contribution < -0.4 is 5.32 Å². The van der Waals surface area contributed by atoms with Crippen LogP contribution in [0.1, 0.15) is 10.4 Å². The molecule has 0 amide bonds. The molecule has 8 nitrogen and oxygen atoms in total. The van der Waals surface area contributed by atoms with Gasteiger partial charge in [-0.2, -0.15) is 5.26 Å². The maximum Gasteiger partial charge on any atom is 0.341 e. The monoisotopic (exact) mass is 265 g/mol. The van der Waals surface area contributed by atoms with Gasteiger partial charge in [0, 0.05) is 24.4 Å². The first-order valence-corrected chi connectivity index (χ1v) is 5.27. The first kappa shape index (κ1) is 14.4. The Morgan fingerprint density at radius 2 is 2.32 bits per heavy atom. The van der Waals surface area contributed by atoms with E-state index in [2.05, 4.69) is 10.1 Å². The molecule has 1 rings (SSSR count). The molecule has 0 bridgehead atoms. The summed E-state index contributed by atoms with van der Waals surface area (Å²) in [5.41, 5.74) is -0.0288. The third-order valence-electron chi connectivity index (χ3n) is 2.13. The minimum absolute atomic E-state index is 0.0575. The molecule has 19 heavy (non-hydrogen) atoms. The van der Waals surface area contributed by atoms with E-state index in [1.165, 1.54) is 12.1 Å². The van der Waals surface area contributed by atoms with E-state index in [-0.39, 0.29) is 24.4 Å². The van der Waals surface area contributed by atoms with Gasteiger partial charge in [-0.1, -0.05) is 0 Å². The van der Waals surface area contributed by atoms with Crippen LogP contribution in [0.2, 0.25) is 0 Å². The molecule has 0 fully saturated rings. The van der Waals surface area contributed by atoms with Gasteiger partial charge in [-0.25, -0.2) is 4.79 Å². The van der Waals surface area contributed by atoms with Gasteiger partial charge < -0.3 is 15.2 Å². The molecule has 8 heteroatoms. The molecule has 0 aromatic heterocycles. The minimum atomic E-state index is -0.842. The molecule has 0 aliphatic heterocycles. The van der Waals surface area contributed by atoms with E-state index < -0.39 is 17.5 Å². The molecule has 0 aliphatic rings. The predicted molar refractivity (Wildman–Crippen MR) is 64.6 cm³/mol. The summed E-state index contributed by atoms with van der Waals surface area (Å²) in [6.07, 6.45) is 0. The summed E-state index contributed by atoms with van der Waals surface area (Å²) in [5.74, 6) is -0.842. The summed E-state index contributed by atoms with van der Waals surface area (Å²) >= 11 is 0. The van der Waals surface area contributed by atoms with E-state index in [1.54, 1.807) is 6.07 Å². The molecule has 1 aromatic rings. The highest BCUT2D eigenvalue weighted by Crippen LogP contribution is 2.22.